The first-order valence-corrected chi connectivity index (χ1v) is 6.19. The van der Waals surface area contributed by atoms with Gasteiger partial charge in [-0.2, -0.15) is 0 Å². The minimum atomic E-state index is -1.21. The molecule has 1 unspecified atom stereocenters. The Morgan fingerprint density at radius 1 is 1.39 bits per heavy atom. The van der Waals surface area contributed by atoms with E-state index in [1.54, 1.807) is 0 Å². The SMILES string of the molecule is C#CCCCCNC(=O)NC(C)(CCC)C(=O)O. The fourth-order valence-electron chi connectivity index (χ4n) is 1.57. The van der Waals surface area contributed by atoms with Gasteiger partial charge in [0.25, 0.3) is 0 Å². The number of amides is 2. The highest BCUT2D eigenvalue weighted by Crippen LogP contribution is 2.12. The monoisotopic (exact) mass is 254 g/mol. The van der Waals surface area contributed by atoms with Crippen LogP contribution >= 0.6 is 0 Å². The molecule has 0 fully saturated rings. The molecule has 102 valence electrons. The van der Waals surface area contributed by atoms with Crippen molar-refractivity contribution < 1.29 is 14.7 Å². The molecule has 0 radical (unpaired) electrons. The number of carboxylic acids is 1. The van der Waals surface area contributed by atoms with Crippen LogP contribution in [-0.4, -0.2) is 29.2 Å². The molecule has 1 atom stereocenters. The lowest BCUT2D eigenvalue weighted by Crippen LogP contribution is -2.55. The summed E-state index contributed by atoms with van der Waals surface area (Å²) in [6.07, 6.45) is 8.51. The molecule has 0 bridgehead atoms. The van der Waals surface area contributed by atoms with E-state index in [2.05, 4.69) is 16.6 Å². The number of nitrogens with one attached hydrogen (secondary N) is 2. The predicted octanol–water partition coefficient (Wildman–Crippen LogP) is 1.73. The molecule has 0 aromatic rings. The van der Waals surface area contributed by atoms with Crippen molar-refractivity contribution in [2.24, 2.45) is 0 Å². The zero-order valence-electron chi connectivity index (χ0n) is 11.1. The van der Waals surface area contributed by atoms with Crippen LogP contribution in [-0.2, 0) is 4.79 Å². The van der Waals surface area contributed by atoms with E-state index in [9.17, 15) is 9.59 Å². The van der Waals surface area contributed by atoms with Crippen LogP contribution in [0.5, 0.6) is 0 Å². The number of aliphatic carboxylic acids is 1. The summed E-state index contributed by atoms with van der Waals surface area (Å²) in [6.45, 7) is 3.88. The quantitative estimate of drug-likeness (QED) is 0.456. The largest absolute Gasteiger partial charge is 0.480 e. The van der Waals surface area contributed by atoms with Crippen molar-refractivity contribution in [3.05, 3.63) is 0 Å². The summed E-state index contributed by atoms with van der Waals surface area (Å²) in [4.78, 5) is 22.6. The lowest BCUT2D eigenvalue weighted by atomic mass is 9.97. The molecular weight excluding hydrogens is 232 g/mol. The van der Waals surface area contributed by atoms with E-state index in [4.69, 9.17) is 11.5 Å². The number of hydrogen-bond acceptors (Lipinski definition) is 2. The van der Waals surface area contributed by atoms with Gasteiger partial charge in [0.05, 0.1) is 0 Å². The van der Waals surface area contributed by atoms with Crippen LogP contribution in [0.3, 0.4) is 0 Å². The van der Waals surface area contributed by atoms with Gasteiger partial charge in [-0.3, -0.25) is 0 Å². The second-order valence-corrected chi connectivity index (χ2v) is 4.43. The van der Waals surface area contributed by atoms with Gasteiger partial charge in [0.1, 0.15) is 5.54 Å². The molecule has 0 aromatic heterocycles. The molecule has 5 heteroatoms. The van der Waals surface area contributed by atoms with Crippen molar-refractivity contribution >= 4 is 12.0 Å². The van der Waals surface area contributed by atoms with Crippen molar-refractivity contribution in [1.82, 2.24) is 10.6 Å². The zero-order valence-corrected chi connectivity index (χ0v) is 11.1. The van der Waals surface area contributed by atoms with Gasteiger partial charge in [0, 0.05) is 13.0 Å². The maximum atomic E-state index is 11.5. The summed E-state index contributed by atoms with van der Waals surface area (Å²) in [7, 11) is 0. The van der Waals surface area contributed by atoms with E-state index >= 15 is 0 Å². The van der Waals surface area contributed by atoms with E-state index in [0.717, 1.165) is 12.8 Å². The molecule has 0 aliphatic rings. The molecule has 0 saturated carbocycles. The highest BCUT2D eigenvalue weighted by Gasteiger charge is 2.33. The number of terminal acetylenes is 1. The summed E-state index contributed by atoms with van der Waals surface area (Å²) in [6, 6.07) is -0.450. The van der Waals surface area contributed by atoms with Crippen molar-refractivity contribution in [1.29, 1.82) is 0 Å². The van der Waals surface area contributed by atoms with Crippen LogP contribution in [0.15, 0.2) is 0 Å². The molecule has 0 saturated heterocycles. The minimum Gasteiger partial charge on any atom is -0.480 e. The third-order valence-electron chi connectivity index (χ3n) is 2.64. The third-order valence-corrected chi connectivity index (χ3v) is 2.64. The van der Waals surface area contributed by atoms with E-state index in [0.29, 0.717) is 25.8 Å². The summed E-state index contributed by atoms with van der Waals surface area (Å²) in [5.41, 5.74) is -1.21. The Labute approximate surface area is 108 Å². The van der Waals surface area contributed by atoms with E-state index in [1.807, 2.05) is 6.92 Å². The van der Waals surface area contributed by atoms with Gasteiger partial charge in [-0.15, -0.1) is 12.3 Å². The van der Waals surface area contributed by atoms with Crippen LogP contribution in [0, 0.1) is 12.3 Å². The summed E-state index contributed by atoms with van der Waals surface area (Å²) in [5, 5.41) is 14.2. The first-order chi connectivity index (χ1) is 8.46. The normalized spacial score (nSPS) is 13.2. The third kappa shape index (κ3) is 6.14. The fourth-order valence-corrected chi connectivity index (χ4v) is 1.57. The van der Waals surface area contributed by atoms with Gasteiger partial charge in [0.2, 0.25) is 0 Å². The number of unbranched alkanes of at least 4 members (excludes halogenated alkanes) is 2. The standard InChI is InChI=1S/C13H22N2O3/c1-4-6-7-8-10-14-12(18)15-13(3,9-5-2)11(16)17/h1H,5-10H2,2-3H3,(H,16,17)(H2,14,15,18). The lowest BCUT2D eigenvalue weighted by molar-refractivity contribution is -0.144. The second-order valence-electron chi connectivity index (χ2n) is 4.43. The maximum absolute atomic E-state index is 11.5. The maximum Gasteiger partial charge on any atom is 0.329 e. The number of rotatable bonds is 8. The molecule has 0 rings (SSSR count). The van der Waals surface area contributed by atoms with Crippen LogP contribution in [0.2, 0.25) is 0 Å². The topological polar surface area (TPSA) is 78.4 Å². The summed E-state index contributed by atoms with van der Waals surface area (Å²) >= 11 is 0. The Morgan fingerprint density at radius 2 is 2.06 bits per heavy atom. The Hall–Kier alpha value is -1.70. The predicted molar refractivity (Wildman–Crippen MR) is 70.2 cm³/mol. The van der Waals surface area contributed by atoms with Gasteiger partial charge < -0.3 is 15.7 Å². The molecule has 0 spiro atoms. The second kappa shape index (κ2) is 8.40. The smallest absolute Gasteiger partial charge is 0.329 e. The van der Waals surface area contributed by atoms with Crippen molar-refractivity contribution in [2.45, 2.75) is 51.5 Å². The number of carbonyl (C=O) groups is 2. The molecule has 0 aliphatic heterocycles. The van der Waals surface area contributed by atoms with Gasteiger partial charge >= 0.3 is 12.0 Å². The Bertz CT molecular complexity index is 323. The zero-order chi connectivity index (χ0) is 14.0. The molecule has 5 nitrogen and oxygen atoms in total. The average Bonchev–Trinajstić information content (AvgIpc) is 2.28. The molecule has 18 heavy (non-hydrogen) atoms. The van der Waals surface area contributed by atoms with E-state index in [-0.39, 0.29) is 0 Å². The lowest BCUT2D eigenvalue weighted by Gasteiger charge is -2.25. The highest BCUT2D eigenvalue weighted by atomic mass is 16.4. The first kappa shape index (κ1) is 16.3. The van der Waals surface area contributed by atoms with E-state index < -0.39 is 17.5 Å². The Morgan fingerprint density at radius 3 is 2.56 bits per heavy atom. The van der Waals surface area contributed by atoms with Crippen molar-refractivity contribution in [2.75, 3.05) is 6.54 Å². The number of hydrogen-bond donors (Lipinski definition) is 3. The molecule has 2 amide bonds. The Balaban J connectivity index is 4.04. The fraction of sp³-hybridized carbons (Fsp3) is 0.692. The molecule has 0 heterocycles. The minimum absolute atomic E-state index is 0.396. The summed E-state index contributed by atoms with van der Waals surface area (Å²) < 4.78 is 0. The van der Waals surface area contributed by atoms with Gasteiger partial charge in [0.15, 0.2) is 0 Å². The average molecular weight is 254 g/mol. The Kier molecular flexibility index (Phi) is 7.61. The number of carbonyl (C=O) groups excluding carboxylic acids is 1. The van der Waals surface area contributed by atoms with Crippen molar-refractivity contribution in [3.8, 4) is 12.3 Å². The highest BCUT2D eigenvalue weighted by molar-refractivity contribution is 5.85. The van der Waals surface area contributed by atoms with E-state index in [1.165, 1.54) is 6.92 Å². The van der Waals surface area contributed by atoms with Crippen LogP contribution in [0.25, 0.3) is 0 Å². The molecular formula is C13H22N2O3. The van der Waals surface area contributed by atoms with Crippen LogP contribution < -0.4 is 10.6 Å². The first-order valence-electron chi connectivity index (χ1n) is 6.19. The van der Waals surface area contributed by atoms with Crippen LogP contribution in [0.4, 0.5) is 4.79 Å². The number of urea groups is 1. The molecule has 3 N–H and O–H groups in total. The van der Waals surface area contributed by atoms with Gasteiger partial charge in [-0.05, 0) is 26.2 Å². The van der Waals surface area contributed by atoms with Gasteiger partial charge in [-0.1, -0.05) is 13.3 Å². The van der Waals surface area contributed by atoms with Crippen molar-refractivity contribution in [3.63, 3.8) is 0 Å². The van der Waals surface area contributed by atoms with Gasteiger partial charge in [-0.25, -0.2) is 9.59 Å². The molecule has 0 aromatic carbocycles. The number of carboxylic acid groups (broad SMARTS) is 1. The summed E-state index contributed by atoms with van der Waals surface area (Å²) in [5.74, 6) is 1.50. The van der Waals surface area contributed by atoms with Crippen LogP contribution in [0.1, 0.15) is 46.0 Å². The molecule has 0 aliphatic carbocycles.